The van der Waals surface area contributed by atoms with Gasteiger partial charge in [0.05, 0.1) is 0 Å². The van der Waals surface area contributed by atoms with Crippen LogP contribution in [0.1, 0.15) is 52.9 Å². The van der Waals surface area contributed by atoms with Crippen molar-refractivity contribution in [1.29, 1.82) is 0 Å². The second kappa shape index (κ2) is 6.04. The molecular formula is C10H21NO. The molecule has 0 aliphatic heterocycles. The molecule has 0 spiro atoms. The van der Waals surface area contributed by atoms with E-state index in [4.69, 9.17) is 0 Å². The maximum atomic E-state index is 10.3. The average molecular weight is 171 g/mol. The molecule has 0 saturated heterocycles. The summed E-state index contributed by atoms with van der Waals surface area (Å²) in [6.07, 6.45) is 6.51. The van der Waals surface area contributed by atoms with Gasteiger partial charge in [-0.1, -0.05) is 33.1 Å². The van der Waals surface area contributed by atoms with Crippen LogP contribution >= 0.6 is 0 Å². The van der Waals surface area contributed by atoms with E-state index >= 15 is 0 Å². The van der Waals surface area contributed by atoms with E-state index in [1.807, 2.05) is 0 Å². The van der Waals surface area contributed by atoms with E-state index in [0.29, 0.717) is 0 Å². The lowest BCUT2D eigenvalue weighted by Crippen LogP contribution is -2.41. The molecule has 1 N–H and O–H groups in total. The standard InChI is InChI=1S/C10H21NO/c1-4-6-8-10(3,7-5-2)11-9-12/h9H,4-8H2,1-3H3,(H,11,12)/t10-/m0/s1. The van der Waals surface area contributed by atoms with Crippen LogP contribution in [0.5, 0.6) is 0 Å². The Balaban J connectivity index is 3.88. The quantitative estimate of drug-likeness (QED) is 0.586. The molecule has 1 atom stereocenters. The third-order valence-corrected chi connectivity index (χ3v) is 2.29. The summed E-state index contributed by atoms with van der Waals surface area (Å²) in [4.78, 5) is 10.3. The number of carbonyl (C=O) groups excluding carboxylic acids is 1. The minimum Gasteiger partial charge on any atom is -0.354 e. The van der Waals surface area contributed by atoms with Gasteiger partial charge in [-0.2, -0.15) is 0 Å². The number of nitrogens with one attached hydrogen (secondary N) is 1. The molecule has 0 aromatic rings. The Morgan fingerprint density at radius 3 is 2.33 bits per heavy atom. The molecule has 0 aliphatic rings. The molecule has 0 unspecified atom stereocenters. The van der Waals surface area contributed by atoms with Crippen molar-refractivity contribution >= 4 is 6.41 Å². The van der Waals surface area contributed by atoms with Gasteiger partial charge >= 0.3 is 0 Å². The first-order valence-corrected chi connectivity index (χ1v) is 4.90. The fourth-order valence-corrected chi connectivity index (χ4v) is 1.53. The summed E-state index contributed by atoms with van der Waals surface area (Å²) >= 11 is 0. The molecule has 0 radical (unpaired) electrons. The lowest BCUT2D eigenvalue weighted by atomic mass is 9.90. The van der Waals surface area contributed by atoms with Crippen molar-refractivity contribution in [1.82, 2.24) is 5.32 Å². The van der Waals surface area contributed by atoms with E-state index in [1.165, 1.54) is 12.8 Å². The Bertz CT molecular complexity index is 125. The molecule has 0 rings (SSSR count). The Labute approximate surface area is 75.7 Å². The van der Waals surface area contributed by atoms with E-state index in [2.05, 4.69) is 26.1 Å². The predicted octanol–water partition coefficient (Wildman–Crippen LogP) is 2.48. The van der Waals surface area contributed by atoms with E-state index in [9.17, 15) is 4.79 Å². The number of amides is 1. The number of hydrogen-bond donors (Lipinski definition) is 1. The number of rotatable bonds is 7. The Kier molecular flexibility index (Phi) is 5.77. The highest BCUT2D eigenvalue weighted by Gasteiger charge is 2.20. The monoisotopic (exact) mass is 171 g/mol. The average Bonchev–Trinajstić information content (AvgIpc) is 2.02. The van der Waals surface area contributed by atoms with Gasteiger partial charge in [0.25, 0.3) is 0 Å². The lowest BCUT2D eigenvalue weighted by molar-refractivity contribution is -0.111. The van der Waals surface area contributed by atoms with Crippen LogP contribution in [0.4, 0.5) is 0 Å². The van der Waals surface area contributed by atoms with Crippen LogP contribution in [-0.2, 0) is 4.79 Å². The van der Waals surface area contributed by atoms with Gasteiger partial charge in [-0.25, -0.2) is 0 Å². The molecule has 12 heavy (non-hydrogen) atoms. The minimum atomic E-state index is 0.0342. The zero-order valence-corrected chi connectivity index (χ0v) is 8.52. The smallest absolute Gasteiger partial charge is 0.207 e. The second-order valence-electron chi connectivity index (χ2n) is 3.68. The molecule has 0 aromatic heterocycles. The fraction of sp³-hybridized carbons (Fsp3) is 0.900. The van der Waals surface area contributed by atoms with Crippen LogP contribution in [0.15, 0.2) is 0 Å². The third-order valence-electron chi connectivity index (χ3n) is 2.29. The molecule has 72 valence electrons. The number of hydrogen-bond acceptors (Lipinski definition) is 1. The molecule has 1 amide bonds. The molecule has 2 heteroatoms. The first-order valence-electron chi connectivity index (χ1n) is 4.90. The molecule has 0 fully saturated rings. The molecule has 0 aromatic carbocycles. The Morgan fingerprint density at radius 2 is 1.92 bits per heavy atom. The van der Waals surface area contributed by atoms with Gasteiger partial charge < -0.3 is 5.32 Å². The maximum Gasteiger partial charge on any atom is 0.207 e. The zero-order valence-electron chi connectivity index (χ0n) is 8.52. The van der Waals surface area contributed by atoms with Crippen LogP contribution in [-0.4, -0.2) is 11.9 Å². The first kappa shape index (κ1) is 11.5. The SMILES string of the molecule is CCCC[C@](C)(CCC)NC=O. The van der Waals surface area contributed by atoms with Gasteiger partial charge in [0, 0.05) is 5.54 Å². The zero-order chi connectivity index (χ0) is 9.45. The van der Waals surface area contributed by atoms with Crippen molar-refractivity contribution in [3.05, 3.63) is 0 Å². The topological polar surface area (TPSA) is 29.1 Å². The summed E-state index contributed by atoms with van der Waals surface area (Å²) in [5.74, 6) is 0. The summed E-state index contributed by atoms with van der Waals surface area (Å²) in [7, 11) is 0. The molecule has 0 bridgehead atoms. The molecule has 0 saturated carbocycles. The van der Waals surface area contributed by atoms with Gasteiger partial charge in [0.2, 0.25) is 6.41 Å². The summed E-state index contributed by atoms with van der Waals surface area (Å²) in [5.41, 5.74) is 0.0342. The van der Waals surface area contributed by atoms with Crippen LogP contribution in [0.2, 0.25) is 0 Å². The Hall–Kier alpha value is -0.530. The van der Waals surface area contributed by atoms with Crippen molar-refractivity contribution in [2.45, 2.75) is 58.4 Å². The van der Waals surface area contributed by atoms with Crippen molar-refractivity contribution in [2.24, 2.45) is 0 Å². The molecule has 2 nitrogen and oxygen atoms in total. The van der Waals surface area contributed by atoms with E-state index in [-0.39, 0.29) is 5.54 Å². The van der Waals surface area contributed by atoms with Crippen LogP contribution in [0, 0.1) is 0 Å². The number of unbranched alkanes of at least 4 members (excludes halogenated alkanes) is 1. The van der Waals surface area contributed by atoms with Crippen molar-refractivity contribution in [3.63, 3.8) is 0 Å². The minimum absolute atomic E-state index is 0.0342. The normalized spacial score (nSPS) is 15.2. The Morgan fingerprint density at radius 1 is 1.25 bits per heavy atom. The van der Waals surface area contributed by atoms with E-state index < -0.39 is 0 Å². The maximum absolute atomic E-state index is 10.3. The highest BCUT2D eigenvalue weighted by molar-refractivity contribution is 5.47. The van der Waals surface area contributed by atoms with Crippen molar-refractivity contribution in [3.8, 4) is 0 Å². The van der Waals surface area contributed by atoms with Gasteiger partial charge in [0.1, 0.15) is 0 Å². The predicted molar refractivity (Wildman–Crippen MR) is 52.0 cm³/mol. The largest absolute Gasteiger partial charge is 0.354 e. The van der Waals surface area contributed by atoms with Crippen molar-refractivity contribution < 1.29 is 4.79 Å². The van der Waals surface area contributed by atoms with Gasteiger partial charge in [0.15, 0.2) is 0 Å². The molecule has 0 aliphatic carbocycles. The summed E-state index contributed by atoms with van der Waals surface area (Å²) in [6.45, 7) is 6.45. The highest BCUT2D eigenvalue weighted by Crippen LogP contribution is 2.18. The van der Waals surface area contributed by atoms with Gasteiger partial charge in [-0.05, 0) is 19.8 Å². The fourth-order valence-electron chi connectivity index (χ4n) is 1.53. The summed E-state index contributed by atoms with van der Waals surface area (Å²) in [5, 5.41) is 2.91. The lowest BCUT2D eigenvalue weighted by Gasteiger charge is -2.28. The van der Waals surface area contributed by atoms with Crippen molar-refractivity contribution in [2.75, 3.05) is 0 Å². The van der Waals surface area contributed by atoms with E-state index in [0.717, 1.165) is 25.7 Å². The first-order chi connectivity index (χ1) is 5.68. The number of carbonyl (C=O) groups is 1. The molecule has 0 heterocycles. The molecular weight excluding hydrogens is 150 g/mol. The van der Waals surface area contributed by atoms with Crippen LogP contribution in [0.3, 0.4) is 0 Å². The second-order valence-corrected chi connectivity index (χ2v) is 3.68. The van der Waals surface area contributed by atoms with Gasteiger partial charge in [-0.3, -0.25) is 4.79 Å². The highest BCUT2D eigenvalue weighted by atomic mass is 16.1. The third kappa shape index (κ3) is 4.37. The van der Waals surface area contributed by atoms with E-state index in [1.54, 1.807) is 0 Å². The van der Waals surface area contributed by atoms with Gasteiger partial charge in [-0.15, -0.1) is 0 Å². The van der Waals surface area contributed by atoms with Crippen LogP contribution < -0.4 is 5.32 Å². The summed E-state index contributed by atoms with van der Waals surface area (Å²) < 4.78 is 0. The van der Waals surface area contributed by atoms with Crippen LogP contribution in [0.25, 0.3) is 0 Å². The summed E-state index contributed by atoms with van der Waals surface area (Å²) in [6, 6.07) is 0.